The third-order valence-corrected chi connectivity index (χ3v) is 5.17. The van der Waals surface area contributed by atoms with Crippen LogP contribution < -0.4 is 10.6 Å². The molecule has 0 radical (unpaired) electrons. The molecule has 1 fully saturated rings. The predicted octanol–water partition coefficient (Wildman–Crippen LogP) is 2.51. The molecule has 2 N–H and O–H groups in total. The number of fused-ring (bicyclic) bond motifs is 1. The highest BCUT2D eigenvalue weighted by molar-refractivity contribution is 6.42. The van der Waals surface area contributed by atoms with Gasteiger partial charge in [-0.3, -0.25) is 4.79 Å². The Kier molecular flexibility index (Phi) is 4.19. The van der Waals surface area contributed by atoms with Gasteiger partial charge in [-0.1, -0.05) is 29.3 Å². The lowest BCUT2D eigenvalue weighted by Gasteiger charge is -2.17. The zero-order valence-electron chi connectivity index (χ0n) is 12.2. The summed E-state index contributed by atoms with van der Waals surface area (Å²) < 4.78 is 0. The van der Waals surface area contributed by atoms with Crippen LogP contribution in [0.1, 0.15) is 30.0 Å². The number of carbonyl (C=O) groups excluding carboxylic acids is 2. The van der Waals surface area contributed by atoms with E-state index in [9.17, 15) is 9.59 Å². The Hall–Kier alpha value is -1.46. The van der Waals surface area contributed by atoms with Crippen molar-refractivity contribution in [2.45, 2.75) is 31.3 Å². The number of benzene rings is 1. The first-order valence-electron chi connectivity index (χ1n) is 7.26. The second kappa shape index (κ2) is 5.97. The van der Waals surface area contributed by atoms with Gasteiger partial charge >= 0.3 is 6.03 Å². The van der Waals surface area contributed by atoms with Crippen LogP contribution in [0.5, 0.6) is 0 Å². The van der Waals surface area contributed by atoms with Gasteiger partial charge in [-0.05, 0) is 36.5 Å². The summed E-state index contributed by atoms with van der Waals surface area (Å²) >= 11 is 12.2. The van der Waals surface area contributed by atoms with Gasteiger partial charge < -0.3 is 15.5 Å². The van der Waals surface area contributed by atoms with E-state index < -0.39 is 6.04 Å². The van der Waals surface area contributed by atoms with Gasteiger partial charge in [-0.25, -0.2) is 4.79 Å². The number of carbonyl (C=O) groups is 2. The maximum atomic E-state index is 12.1. The molecule has 1 aliphatic carbocycles. The molecule has 2 atom stereocenters. The van der Waals surface area contributed by atoms with Crippen molar-refractivity contribution in [3.05, 3.63) is 33.3 Å². The number of nitrogens with zero attached hydrogens (tertiary/aromatic N) is 1. The number of hydrogen-bond donors (Lipinski definition) is 2. The first kappa shape index (κ1) is 15.4. The molecule has 1 aromatic carbocycles. The Labute approximate surface area is 138 Å². The molecule has 0 spiro atoms. The predicted molar refractivity (Wildman–Crippen MR) is 85.2 cm³/mol. The number of hydrogen-bond acceptors (Lipinski definition) is 2. The fraction of sp³-hybridized carbons (Fsp3) is 0.467. The van der Waals surface area contributed by atoms with Crippen molar-refractivity contribution in [3.8, 4) is 0 Å². The van der Waals surface area contributed by atoms with Gasteiger partial charge in [-0.15, -0.1) is 0 Å². The molecule has 0 saturated carbocycles. The van der Waals surface area contributed by atoms with E-state index in [1.165, 1.54) is 0 Å². The van der Waals surface area contributed by atoms with Crippen LogP contribution in [-0.4, -0.2) is 36.5 Å². The quantitative estimate of drug-likeness (QED) is 0.868. The third-order valence-electron chi connectivity index (χ3n) is 4.33. The number of likely N-dealkylation sites (tertiary alicyclic amines) is 1. The van der Waals surface area contributed by atoms with Gasteiger partial charge in [0.2, 0.25) is 5.91 Å². The van der Waals surface area contributed by atoms with E-state index in [-0.39, 0.29) is 18.0 Å². The molecule has 0 unspecified atom stereocenters. The van der Waals surface area contributed by atoms with Crippen LogP contribution in [-0.2, 0) is 11.2 Å². The summed E-state index contributed by atoms with van der Waals surface area (Å²) in [4.78, 5) is 25.5. The Morgan fingerprint density at radius 2 is 1.95 bits per heavy atom. The van der Waals surface area contributed by atoms with E-state index in [4.69, 9.17) is 23.2 Å². The summed E-state index contributed by atoms with van der Waals surface area (Å²) in [5, 5.41) is 6.76. The molecule has 0 aromatic heterocycles. The number of nitrogens with one attached hydrogen (secondary N) is 2. The topological polar surface area (TPSA) is 61.4 Å². The number of rotatable bonds is 2. The number of urea groups is 1. The normalized spacial score (nSPS) is 23.6. The summed E-state index contributed by atoms with van der Waals surface area (Å²) in [5.41, 5.74) is 2.00. The van der Waals surface area contributed by atoms with Gasteiger partial charge in [0.15, 0.2) is 0 Å². The van der Waals surface area contributed by atoms with Crippen LogP contribution in [0.15, 0.2) is 12.1 Å². The molecule has 1 aliphatic heterocycles. The van der Waals surface area contributed by atoms with Crippen molar-refractivity contribution in [2.24, 2.45) is 0 Å². The van der Waals surface area contributed by atoms with Gasteiger partial charge in [0, 0.05) is 13.6 Å². The largest absolute Gasteiger partial charge is 0.344 e. The highest BCUT2D eigenvalue weighted by Gasteiger charge is 2.32. The molecule has 22 heavy (non-hydrogen) atoms. The molecule has 5 nitrogen and oxygen atoms in total. The van der Waals surface area contributed by atoms with Crippen LogP contribution >= 0.6 is 23.2 Å². The van der Waals surface area contributed by atoms with Gasteiger partial charge in [-0.2, -0.15) is 0 Å². The Morgan fingerprint density at radius 1 is 1.23 bits per heavy atom. The highest BCUT2D eigenvalue weighted by atomic mass is 35.5. The molecule has 3 amide bonds. The molecule has 2 aliphatic rings. The average Bonchev–Trinajstić information content (AvgIpc) is 3.02. The van der Waals surface area contributed by atoms with Crippen LogP contribution in [0.25, 0.3) is 0 Å². The fourth-order valence-corrected chi connectivity index (χ4v) is 3.54. The van der Waals surface area contributed by atoms with E-state index in [2.05, 4.69) is 10.6 Å². The molecule has 1 saturated heterocycles. The minimum atomic E-state index is -0.431. The zero-order chi connectivity index (χ0) is 15.9. The minimum absolute atomic E-state index is 0.0446. The third kappa shape index (κ3) is 2.75. The first-order valence-corrected chi connectivity index (χ1v) is 8.01. The summed E-state index contributed by atoms with van der Waals surface area (Å²) in [7, 11) is 1.74. The molecular formula is C15H17Cl2N3O2. The van der Waals surface area contributed by atoms with Crippen LogP contribution in [0, 0.1) is 0 Å². The van der Waals surface area contributed by atoms with Gasteiger partial charge in [0.25, 0.3) is 0 Å². The Morgan fingerprint density at radius 3 is 2.64 bits per heavy atom. The lowest BCUT2D eigenvalue weighted by atomic mass is 10.1. The average molecular weight is 342 g/mol. The number of likely N-dealkylation sites (N-methyl/N-ethyl adjacent to an activating group) is 1. The lowest BCUT2D eigenvalue weighted by Crippen LogP contribution is -2.46. The minimum Gasteiger partial charge on any atom is -0.344 e. The monoisotopic (exact) mass is 341 g/mol. The number of amides is 3. The van der Waals surface area contributed by atoms with Crippen LogP contribution in [0.2, 0.25) is 10.0 Å². The summed E-state index contributed by atoms with van der Waals surface area (Å²) in [6.07, 6.45) is 2.21. The van der Waals surface area contributed by atoms with Crippen molar-refractivity contribution < 1.29 is 9.59 Å². The maximum Gasteiger partial charge on any atom is 0.315 e. The maximum absolute atomic E-state index is 12.1. The van der Waals surface area contributed by atoms with Crippen LogP contribution in [0.3, 0.4) is 0 Å². The highest BCUT2D eigenvalue weighted by Crippen LogP contribution is 2.38. The lowest BCUT2D eigenvalue weighted by molar-refractivity contribution is -0.128. The molecule has 1 heterocycles. The van der Waals surface area contributed by atoms with Gasteiger partial charge in [0.05, 0.1) is 16.1 Å². The standard InChI is InChI=1S/C15H17Cl2N3O2/c1-20-7-6-12(14(20)21)19-15(22)18-11-5-3-9-8(11)2-4-10(16)13(9)17/h2,4,11-12H,3,5-7H2,1H3,(H2,18,19,22)/t11-,12-/m1/s1. The van der Waals surface area contributed by atoms with Crippen molar-refractivity contribution in [3.63, 3.8) is 0 Å². The molecule has 3 rings (SSSR count). The first-order chi connectivity index (χ1) is 10.5. The smallest absolute Gasteiger partial charge is 0.315 e. The molecule has 118 valence electrons. The van der Waals surface area contributed by atoms with E-state index in [1.54, 1.807) is 18.0 Å². The van der Waals surface area contributed by atoms with Crippen molar-refractivity contribution in [1.29, 1.82) is 0 Å². The van der Waals surface area contributed by atoms with Gasteiger partial charge in [0.1, 0.15) is 6.04 Å². The van der Waals surface area contributed by atoms with Crippen LogP contribution in [0.4, 0.5) is 4.79 Å². The zero-order valence-corrected chi connectivity index (χ0v) is 13.7. The summed E-state index contributed by atoms with van der Waals surface area (Å²) in [5.74, 6) is -0.0446. The summed E-state index contributed by atoms with van der Waals surface area (Å²) in [6.45, 7) is 0.671. The van der Waals surface area contributed by atoms with E-state index in [1.807, 2.05) is 6.07 Å². The SMILES string of the molecule is CN1CC[C@@H](NC(=O)N[C@@H]2CCc3c2ccc(Cl)c3Cl)C1=O. The molecule has 0 bridgehead atoms. The summed E-state index contributed by atoms with van der Waals surface area (Å²) in [6, 6.07) is 2.79. The second-order valence-electron chi connectivity index (χ2n) is 5.74. The number of halogens is 2. The van der Waals surface area contributed by atoms with E-state index >= 15 is 0 Å². The molecule has 7 heteroatoms. The Balaban J connectivity index is 1.65. The van der Waals surface area contributed by atoms with E-state index in [0.29, 0.717) is 23.0 Å². The second-order valence-corrected chi connectivity index (χ2v) is 6.52. The van der Waals surface area contributed by atoms with Crippen molar-refractivity contribution in [1.82, 2.24) is 15.5 Å². The van der Waals surface area contributed by atoms with Crippen molar-refractivity contribution >= 4 is 35.1 Å². The fourth-order valence-electron chi connectivity index (χ4n) is 3.10. The van der Waals surface area contributed by atoms with Crippen molar-refractivity contribution in [2.75, 3.05) is 13.6 Å². The van der Waals surface area contributed by atoms with E-state index in [0.717, 1.165) is 24.0 Å². The molecule has 1 aromatic rings. The molecular weight excluding hydrogens is 325 g/mol. The Bertz CT molecular complexity index is 635.